The number of rotatable bonds is 11. The van der Waals surface area contributed by atoms with Crippen LogP contribution in [0.2, 0.25) is 5.02 Å². The molecule has 1 aromatic heterocycles. The second kappa shape index (κ2) is 11.6. The smallest absolute Gasteiger partial charge is 0.243 e. The molecule has 0 saturated carbocycles. The highest BCUT2D eigenvalue weighted by Crippen LogP contribution is 2.36. The van der Waals surface area contributed by atoms with Gasteiger partial charge in [-0.2, -0.15) is 0 Å². The van der Waals surface area contributed by atoms with Gasteiger partial charge in [-0.25, -0.2) is 19.8 Å². The van der Waals surface area contributed by atoms with Gasteiger partial charge >= 0.3 is 0 Å². The second-order valence-electron chi connectivity index (χ2n) is 7.68. The molecule has 3 rings (SSSR count). The maximum atomic E-state index is 13.5. The molecule has 0 bridgehead atoms. The summed E-state index contributed by atoms with van der Waals surface area (Å²) in [7, 11) is 1.50. The van der Waals surface area contributed by atoms with Crippen LogP contribution in [-0.2, 0) is 9.59 Å². The van der Waals surface area contributed by atoms with Gasteiger partial charge in [-0.3, -0.25) is 14.8 Å². The first kappa shape index (κ1) is 25.1. The van der Waals surface area contributed by atoms with Crippen molar-refractivity contribution in [3.8, 4) is 5.75 Å². The van der Waals surface area contributed by atoms with Gasteiger partial charge in [-0.05, 0) is 37.1 Å². The van der Waals surface area contributed by atoms with Gasteiger partial charge in [0, 0.05) is 29.1 Å². The molecule has 0 fully saturated rings. The summed E-state index contributed by atoms with van der Waals surface area (Å²) < 4.78 is 19.0. The molecule has 180 valence electrons. The van der Waals surface area contributed by atoms with Gasteiger partial charge in [-0.1, -0.05) is 24.4 Å². The molecular weight excluding hydrogens is 465 g/mol. The number of carbonyl (C=O) groups excluding carboxylic acids is 2. The van der Waals surface area contributed by atoms with E-state index in [1.54, 1.807) is 17.6 Å². The monoisotopic (exact) mass is 489 g/mol. The summed E-state index contributed by atoms with van der Waals surface area (Å²) in [4.78, 5) is 32.1. The zero-order chi connectivity index (χ0) is 24.7. The number of methoxy groups -OCH3 is 1. The van der Waals surface area contributed by atoms with Gasteiger partial charge in [0.1, 0.15) is 23.7 Å². The molecule has 11 heteroatoms. The maximum Gasteiger partial charge on any atom is 0.243 e. The standard InChI is InChI=1S/C23H25ClFN5O4/c1-34-20-11-19-16(23(28-12-27-19)29-13-7-8-18(25)17(24)9-13)10-15(20)14(22(26)32)5-3-2-4-6-21(31)30-33/h7-12,14,33H,2-6H2,1H3,(H2,26,32)(H,30,31)(H,27,28,29). The first-order valence-corrected chi connectivity index (χ1v) is 11.0. The maximum absolute atomic E-state index is 13.5. The summed E-state index contributed by atoms with van der Waals surface area (Å²) in [6.45, 7) is 0. The lowest BCUT2D eigenvalue weighted by molar-refractivity contribution is -0.129. The van der Waals surface area contributed by atoms with Gasteiger partial charge < -0.3 is 15.8 Å². The lowest BCUT2D eigenvalue weighted by Gasteiger charge is -2.19. The van der Waals surface area contributed by atoms with Crippen molar-refractivity contribution in [2.24, 2.45) is 5.73 Å². The quantitative estimate of drug-likeness (QED) is 0.180. The van der Waals surface area contributed by atoms with E-state index in [-0.39, 0.29) is 11.4 Å². The number of hydrogen-bond donors (Lipinski definition) is 4. The predicted octanol–water partition coefficient (Wildman–Crippen LogP) is 4.20. The van der Waals surface area contributed by atoms with E-state index in [0.29, 0.717) is 59.4 Å². The fourth-order valence-corrected chi connectivity index (χ4v) is 3.86. The molecule has 0 aliphatic carbocycles. The normalized spacial score (nSPS) is 11.8. The Labute approximate surface area is 200 Å². The third kappa shape index (κ3) is 6.09. The van der Waals surface area contributed by atoms with Crippen LogP contribution in [-0.4, -0.2) is 34.1 Å². The van der Waals surface area contributed by atoms with E-state index in [1.165, 1.54) is 31.6 Å². The van der Waals surface area contributed by atoms with E-state index in [4.69, 9.17) is 27.3 Å². The molecule has 3 aromatic rings. The Balaban J connectivity index is 1.90. The summed E-state index contributed by atoms with van der Waals surface area (Å²) in [5.74, 6) is -1.24. The number of benzene rings is 2. The van der Waals surface area contributed by atoms with Crippen LogP contribution >= 0.6 is 11.6 Å². The number of carbonyl (C=O) groups is 2. The number of nitrogens with two attached hydrogens (primary N) is 1. The van der Waals surface area contributed by atoms with Crippen LogP contribution in [0.5, 0.6) is 5.75 Å². The number of fused-ring (bicyclic) bond motifs is 1. The van der Waals surface area contributed by atoms with E-state index < -0.39 is 23.5 Å². The van der Waals surface area contributed by atoms with Crippen LogP contribution in [0.3, 0.4) is 0 Å². The van der Waals surface area contributed by atoms with Crippen LogP contribution in [0, 0.1) is 5.82 Å². The highest BCUT2D eigenvalue weighted by Gasteiger charge is 2.23. The molecular formula is C23H25ClFN5O4. The third-order valence-electron chi connectivity index (χ3n) is 5.41. The molecule has 2 aromatic carbocycles. The number of unbranched alkanes of at least 4 members (excludes halogenated alkanes) is 2. The van der Waals surface area contributed by atoms with E-state index in [0.717, 1.165) is 0 Å². The summed E-state index contributed by atoms with van der Waals surface area (Å²) >= 11 is 5.89. The highest BCUT2D eigenvalue weighted by atomic mass is 35.5. The van der Waals surface area contributed by atoms with Crippen LogP contribution in [0.15, 0.2) is 36.7 Å². The highest BCUT2D eigenvalue weighted by molar-refractivity contribution is 6.31. The molecule has 1 unspecified atom stereocenters. The Hall–Kier alpha value is -3.50. The third-order valence-corrected chi connectivity index (χ3v) is 5.70. The zero-order valence-corrected chi connectivity index (χ0v) is 19.2. The van der Waals surface area contributed by atoms with Gasteiger partial charge in [0.15, 0.2) is 0 Å². The van der Waals surface area contributed by atoms with Gasteiger partial charge in [0.05, 0.1) is 23.6 Å². The Bertz CT molecular complexity index is 1190. The van der Waals surface area contributed by atoms with Crippen molar-refractivity contribution in [3.63, 3.8) is 0 Å². The molecule has 1 atom stereocenters. The molecule has 5 N–H and O–H groups in total. The number of hydrogen-bond acceptors (Lipinski definition) is 7. The Morgan fingerprint density at radius 1 is 1.21 bits per heavy atom. The van der Waals surface area contributed by atoms with Crippen molar-refractivity contribution in [2.45, 2.75) is 38.0 Å². The van der Waals surface area contributed by atoms with Crippen LogP contribution in [0.1, 0.15) is 43.6 Å². The van der Waals surface area contributed by atoms with E-state index >= 15 is 0 Å². The average Bonchev–Trinajstić information content (AvgIpc) is 2.82. The summed E-state index contributed by atoms with van der Waals surface area (Å²) in [6, 6.07) is 7.68. The summed E-state index contributed by atoms with van der Waals surface area (Å²) in [5, 5.41) is 12.3. The number of nitrogens with one attached hydrogen (secondary N) is 2. The van der Waals surface area contributed by atoms with Crippen LogP contribution in [0.25, 0.3) is 10.9 Å². The van der Waals surface area contributed by atoms with Crippen molar-refractivity contribution < 1.29 is 23.9 Å². The van der Waals surface area contributed by atoms with Crippen LogP contribution in [0.4, 0.5) is 15.9 Å². The minimum atomic E-state index is -0.639. The van der Waals surface area contributed by atoms with E-state index in [9.17, 15) is 14.0 Å². The molecule has 9 nitrogen and oxygen atoms in total. The SMILES string of the molecule is COc1cc2ncnc(Nc3ccc(F)c(Cl)c3)c2cc1C(CCCCCC(=O)NO)C(N)=O. The zero-order valence-electron chi connectivity index (χ0n) is 18.5. The number of hydroxylamine groups is 1. The Kier molecular flexibility index (Phi) is 8.55. The lowest BCUT2D eigenvalue weighted by atomic mass is 9.90. The summed E-state index contributed by atoms with van der Waals surface area (Å²) in [6.07, 6.45) is 3.89. The fourth-order valence-electron chi connectivity index (χ4n) is 3.68. The Morgan fingerprint density at radius 2 is 2.00 bits per heavy atom. The van der Waals surface area contributed by atoms with E-state index in [2.05, 4.69) is 15.3 Å². The van der Waals surface area contributed by atoms with Crippen molar-refractivity contribution in [3.05, 3.63) is 53.1 Å². The number of anilines is 2. The number of halogens is 2. The number of ether oxygens (including phenoxy) is 1. The lowest BCUT2D eigenvalue weighted by Crippen LogP contribution is -2.22. The number of amides is 2. The molecule has 0 saturated heterocycles. The van der Waals surface area contributed by atoms with Crippen molar-refractivity contribution in [1.82, 2.24) is 15.4 Å². The molecule has 0 aliphatic rings. The predicted molar refractivity (Wildman–Crippen MR) is 126 cm³/mol. The largest absolute Gasteiger partial charge is 0.496 e. The molecule has 0 radical (unpaired) electrons. The average molecular weight is 490 g/mol. The Morgan fingerprint density at radius 3 is 2.68 bits per heavy atom. The second-order valence-corrected chi connectivity index (χ2v) is 8.08. The number of primary amides is 1. The van der Waals surface area contributed by atoms with Crippen molar-refractivity contribution in [1.29, 1.82) is 0 Å². The van der Waals surface area contributed by atoms with E-state index in [1.807, 2.05) is 0 Å². The van der Waals surface area contributed by atoms with Gasteiger partial charge in [0.2, 0.25) is 11.8 Å². The molecule has 34 heavy (non-hydrogen) atoms. The number of nitrogens with zero attached hydrogens (tertiary/aromatic N) is 2. The fraction of sp³-hybridized carbons (Fsp3) is 0.304. The van der Waals surface area contributed by atoms with Crippen molar-refractivity contribution in [2.75, 3.05) is 12.4 Å². The summed E-state index contributed by atoms with van der Waals surface area (Å²) in [5.41, 5.74) is 9.01. The topological polar surface area (TPSA) is 139 Å². The van der Waals surface area contributed by atoms with Crippen molar-refractivity contribution >= 4 is 45.8 Å². The molecule has 1 heterocycles. The van der Waals surface area contributed by atoms with Gasteiger partial charge in [0.25, 0.3) is 0 Å². The minimum absolute atomic E-state index is 0.0315. The van der Waals surface area contributed by atoms with Crippen LogP contribution < -0.4 is 21.3 Å². The first-order chi connectivity index (χ1) is 16.3. The first-order valence-electron chi connectivity index (χ1n) is 10.6. The minimum Gasteiger partial charge on any atom is -0.496 e. The molecule has 0 aliphatic heterocycles. The number of aromatic nitrogens is 2. The molecule has 2 amide bonds. The molecule has 0 spiro atoms. The van der Waals surface area contributed by atoms with Gasteiger partial charge in [-0.15, -0.1) is 0 Å².